The standard InChI is InChI=1S/C11H16O2/c12-11(9-3-1-2-4-9)10-5-7-13-8-6-10/h3,10H,1-2,4-8H2. The number of allylic oxidation sites excluding steroid dienone is 2. The second-order valence-corrected chi connectivity index (χ2v) is 3.87. The van der Waals surface area contributed by atoms with Gasteiger partial charge in [0.2, 0.25) is 0 Å². The van der Waals surface area contributed by atoms with Gasteiger partial charge >= 0.3 is 0 Å². The molecule has 2 heteroatoms. The average Bonchev–Trinajstić information content (AvgIpc) is 2.71. The molecule has 0 atom stereocenters. The van der Waals surface area contributed by atoms with Crippen LogP contribution >= 0.6 is 0 Å². The number of carbonyl (C=O) groups is 1. The molecule has 2 rings (SSSR count). The van der Waals surface area contributed by atoms with E-state index < -0.39 is 0 Å². The van der Waals surface area contributed by atoms with Crippen LogP contribution in [0.1, 0.15) is 32.1 Å². The molecule has 1 aliphatic carbocycles. The summed E-state index contributed by atoms with van der Waals surface area (Å²) in [6, 6.07) is 0. The first-order valence-corrected chi connectivity index (χ1v) is 5.19. The Morgan fingerprint density at radius 2 is 2.15 bits per heavy atom. The van der Waals surface area contributed by atoms with Crippen LogP contribution in [0, 0.1) is 5.92 Å². The van der Waals surface area contributed by atoms with Crippen molar-refractivity contribution in [2.24, 2.45) is 5.92 Å². The third kappa shape index (κ3) is 1.99. The van der Waals surface area contributed by atoms with Crippen LogP contribution in [-0.4, -0.2) is 19.0 Å². The molecule has 0 unspecified atom stereocenters. The maximum atomic E-state index is 11.9. The monoisotopic (exact) mass is 180 g/mol. The highest BCUT2D eigenvalue weighted by molar-refractivity contribution is 5.97. The Bertz CT molecular complexity index is 224. The zero-order valence-electron chi connectivity index (χ0n) is 7.92. The van der Waals surface area contributed by atoms with Crippen LogP contribution in [0.25, 0.3) is 0 Å². The molecule has 13 heavy (non-hydrogen) atoms. The van der Waals surface area contributed by atoms with Crippen LogP contribution < -0.4 is 0 Å². The fourth-order valence-corrected chi connectivity index (χ4v) is 2.12. The smallest absolute Gasteiger partial charge is 0.161 e. The minimum absolute atomic E-state index is 0.262. The number of carbonyl (C=O) groups excluding carboxylic acids is 1. The molecule has 0 aromatic carbocycles. The summed E-state index contributed by atoms with van der Waals surface area (Å²) in [6.07, 6.45) is 7.26. The van der Waals surface area contributed by atoms with Crippen molar-refractivity contribution in [3.63, 3.8) is 0 Å². The average molecular weight is 180 g/mol. The molecule has 72 valence electrons. The Labute approximate surface area is 79.0 Å². The Morgan fingerprint density at radius 1 is 1.38 bits per heavy atom. The lowest BCUT2D eigenvalue weighted by atomic mass is 9.90. The van der Waals surface area contributed by atoms with Gasteiger partial charge in [0, 0.05) is 19.1 Å². The summed E-state index contributed by atoms with van der Waals surface area (Å²) in [5, 5.41) is 0. The lowest BCUT2D eigenvalue weighted by Gasteiger charge is -2.21. The Hall–Kier alpha value is -0.630. The second kappa shape index (κ2) is 4.05. The van der Waals surface area contributed by atoms with Gasteiger partial charge in [-0.25, -0.2) is 0 Å². The van der Waals surface area contributed by atoms with Crippen LogP contribution in [0.5, 0.6) is 0 Å². The third-order valence-electron chi connectivity index (χ3n) is 2.95. The largest absolute Gasteiger partial charge is 0.381 e. The highest BCUT2D eigenvalue weighted by Crippen LogP contribution is 2.25. The van der Waals surface area contributed by atoms with Gasteiger partial charge < -0.3 is 4.74 Å². The molecule has 0 bridgehead atoms. The maximum Gasteiger partial charge on any atom is 0.161 e. The summed E-state index contributed by atoms with van der Waals surface area (Å²) in [5.74, 6) is 0.666. The summed E-state index contributed by atoms with van der Waals surface area (Å²) in [4.78, 5) is 11.9. The molecule has 0 N–H and O–H groups in total. The topological polar surface area (TPSA) is 26.3 Å². The Balaban J connectivity index is 1.94. The molecule has 0 aromatic rings. The highest BCUT2D eigenvalue weighted by atomic mass is 16.5. The van der Waals surface area contributed by atoms with Gasteiger partial charge in [-0.3, -0.25) is 4.79 Å². The summed E-state index contributed by atoms with van der Waals surface area (Å²) in [5.41, 5.74) is 1.09. The first-order chi connectivity index (χ1) is 6.38. The maximum absolute atomic E-state index is 11.9. The molecule has 0 amide bonds. The lowest BCUT2D eigenvalue weighted by molar-refractivity contribution is -0.122. The summed E-state index contributed by atoms with van der Waals surface area (Å²) in [6.45, 7) is 1.54. The molecule has 0 radical (unpaired) electrons. The van der Waals surface area contributed by atoms with Crippen LogP contribution in [-0.2, 0) is 9.53 Å². The van der Waals surface area contributed by atoms with Gasteiger partial charge in [-0.05, 0) is 37.7 Å². The van der Waals surface area contributed by atoms with Crippen molar-refractivity contribution in [2.75, 3.05) is 13.2 Å². The summed E-state index contributed by atoms with van der Waals surface area (Å²) < 4.78 is 5.24. The van der Waals surface area contributed by atoms with Crippen LogP contribution in [0.3, 0.4) is 0 Å². The van der Waals surface area contributed by atoms with Crippen molar-refractivity contribution in [1.29, 1.82) is 0 Å². The van der Waals surface area contributed by atoms with Crippen molar-refractivity contribution in [3.8, 4) is 0 Å². The van der Waals surface area contributed by atoms with E-state index in [4.69, 9.17) is 4.74 Å². The van der Waals surface area contributed by atoms with Crippen molar-refractivity contribution in [3.05, 3.63) is 11.6 Å². The summed E-state index contributed by atoms with van der Waals surface area (Å²) in [7, 11) is 0. The number of hydrogen-bond acceptors (Lipinski definition) is 2. The molecule has 1 fully saturated rings. The minimum atomic E-state index is 0.262. The summed E-state index contributed by atoms with van der Waals surface area (Å²) >= 11 is 0. The molecule has 0 spiro atoms. The van der Waals surface area contributed by atoms with Gasteiger partial charge in [-0.2, -0.15) is 0 Å². The van der Waals surface area contributed by atoms with Crippen molar-refractivity contribution >= 4 is 5.78 Å². The van der Waals surface area contributed by atoms with E-state index in [1.165, 1.54) is 6.42 Å². The first-order valence-electron chi connectivity index (χ1n) is 5.19. The SMILES string of the molecule is O=C(C1=CCCC1)C1CCOCC1. The van der Waals surface area contributed by atoms with E-state index in [0.717, 1.165) is 44.5 Å². The molecule has 0 saturated carbocycles. The van der Waals surface area contributed by atoms with E-state index in [1.807, 2.05) is 0 Å². The number of hydrogen-bond donors (Lipinski definition) is 0. The van der Waals surface area contributed by atoms with E-state index in [1.54, 1.807) is 0 Å². The van der Waals surface area contributed by atoms with Crippen molar-refractivity contribution in [1.82, 2.24) is 0 Å². The first kappa shape index (κ1) is 8.95. The highest BCUT2D eigenvalue weighted by Gasteiger charge is 2.25. The van der Waals surface area contributed by atoms with Crippen molar-refractivity contribution < 1.29 is 9.53 Å². The second-order valence-electron chi connectivity index (χ2n) is 3.87. The molecule has 1 heterocycles. The van der Waals surface area contributed by atoms with Crippen LogP contribution in [0.15, 0.2) is 11.6 Å². The normalized spacial score (nSPS) is 24.5. The molecule has 0 aromatic heterocycles. The van der Waals surface area contributed by atoms with Crippen molar-refractivity contribution in [2.45, 2.75) is 32.1 Å². The lowest BCUT2D eigenvalue weighted by Crippen LogP contribution is -2.24. The van der Waals surface area contributed by atoms with Gasteiger partial charge in [-0.1, -0.05) is 6.08 Å². The van der Waals surface area contributed by atoms with E-state index in [9.17, 15) is 4.79 Å². The third-order valence-corrected chi connectivity index (χ3v) is 2.95. The van der Waals surface area contributed by atoms with Gasteiger partial charge in [0.05, 0.1) is 0 Å². The van der Waals surface area contributed by atoms with Gasteiger partial charge in [0.1, 0.15) is 0 Å². The molecule has 2 nitrogen and oxygen atoms in total. The van der Waals surface area contributed by atoms with E-state index >= 15 is 0 Å². The van der Waals surface area contributed by atoms with Crippen LogP contribution in [0.4, 0.5) is 0 Å². The Kier molecular flexibility index (Phi) is 2.79. The van der Waals surface area contributed by atoms with Gasteiger partial charge in [0.25, 0.3) is 0 Å². The predicted molar refractivity (Wildman–Crippen MR) is 50.5 cm³/mol. The minimum Gasteiger partial charge on any atom is -0.381 e. The molecule has 1 aliphatic heterocycles. The molecule has 1 saturated heterocycles. The number of ketones is 1. The fraction of sp³-hybridized carbons (Fsp3) is 0.727. The predicted octanol–water partition coefficient (Wildman–Crippen LogP) is 2.09. The molecule has 2 aliphatic rings. The van der Waals surface area contributed by atoms with Crippen LogP contribution in [0.2, 0.25) is 0 Å². The van der Waals surface area contributed by atoms with Gasteiger partial charge in [-0.15, -0.1) is 0 Å². The zero-order chi connectivity index (χ0) is 9.10. The quantitative estimate of drug-likeness (QED) is 0.650. The van der Waals surface area contributed by atoms with E-state index in [0.29, 0.717) is 5.78 Å². The fourth-order valence-electron chi connectivity index (χ4n) is 2.12. The molecular weight excluding hydrogens is 164 g/mol. The molecular formula is C11H16O2. The number of ether oxygens (including phenoxy) is 1. The Morgan fingerprint density at radius 3 is 2.77 bits per heavy atom. The number of Topliss-reactive ketones (excluding diaryl/α,β-unsaturated/α-hetero) is 1. The van der Waals surface area contributed by atoms with Gasteiger partial charge in [0.15, 0.2) is 5.78 Å². The zero-order valence-corrected chi connectivity index (χ0v) is 7.92. The van der Waals surface area contributed by atoms with E-state index in [-0.39, 0.29) is 5.92 Å². The van der Waals surface area contributed by atoms with E-state index in [2.05, 4.69) is 6.08 Å². The number of rotatable bonds is 2.